The molecule has 4 amide bonds. The Morgan fingerprint density at radius 3 is 2.03 bits per heavy atom. The van der Waals surface area contributed by atoms with Crippen LogP contribution < -0.4 is 15.0 Å². The van der Waals surface area contributed by atoms with Gasteiger partial charge in [0.15, 0.2) is 0 Å². The van der Waals surface area contributed by atoms with Gasteiger partial charge in [-0.1, -0.05) is 12.1 Å². The second kappa shape index (κ2) is 9.86. The molecule has 1 fully saturated rings. The van der Waals surface area contributed by atoms with E-state index in [1.807, 2.05) is 0 Å². The van der Waals surface area contributed by atoms with Gasteiger partial charge in [-0.15, -0.1) is 0 Å². The van der Waals surface area contributed by atoms with Crippen LogP contribution in [0.1, 0.15) is 11.1 Å². The van der Waals surface area contributed by atoms with Crippen molar-refractivity contribution >= 4 is 61.5 Å². The van der Waals surface area contributed by atoms with Crippen LogP contribution >= 0.6 is 31.9 Å². The van der Waals surface area contributed by atoms with Crippen LogP contribution in [0.25, 0.3) is 6.08 Å². The van der Waals surface area contributed by atoms with Crippen molar-refractivity contribution in [2.75, 3.05) is 4.90 Å². The summed E-state index contributed by atoms with van der Waals surface area (Å²) in [7, 11) is 0. The second-order valence-corrected chi connectivity index (χ2v) is 8.87. The molecule has 0 unspecified atom stereocenters. The lowest BCUT2D eigenvalue weighted by molar-refractivity contribution is -0.122. The number of rotatable bonds is 5. The quantitative estimate of drug-likeness (QED) is 0.303. The molecule has 1 aliphatic heterocycles. The fraction of sp³-hybridized carbons (Fsp3) is 0.0417. The van der Waals surface area contributed by atoms with Gasteiger partial charge in [-0.3, -0.25) is 14.9 Å². The largest absolute Gasteiger partial charge is 0.487 e. The molecule has 3 aromatic rings. The van der Waals surface area contributed by atoms with Crippen LogP contribution in [0.5, 0.6) is 5.75 Å². The molecular formula is C24H14Br2F2N2O4. The highest BCUT2D eigenvalue weighted by Crippen LogP contribution is 2.36. The van der Waals surface area contributed by atoms with Crippen LogP contribution in [0.4, 0.5) is 19.3 Å². The van der Waals surface area contributed by atoms with E-state index >= 15 is 0 Å². The average Bonchev–Trinajstić information content (AvgIpc) is 2.78. The van der Waals surface area contributed by atoms with Gasteiger partial charge in [0.25, 0.3) is 11.8 Å². The molecule has 0 spiro atoms. The molecule has 6 nitrogen and oxygen atoms in total. The molecule has 1 aliphatic rings. The number of benzene rings is 3. The van der Waals surface area contributed by atoms with E-state index in [2.05, 4.69) is 37.2 Å². The van der Waals surface area contributed by atoms with Crippen LogP contribution in [0, 0.1) is 11.6 Å². The number of imide groups is 2. The minimum Gasteiger partial charge on any atom is -0.487 e. The number of carbonyl (C=O) groups excluding carboxylic acids is 3. The molecule has 4 rings (SSSR count). The van der Waals surface area contributed by atoms with Crippen molar-refractivity contribution in [2.45, 2.75) is 6.61 Å². The Hall–Kier alpha value is -3.37. The van der Waals surface area contributed by atoms with Crippen LogP contribution in [-0.2, 0) is 16.2 Å². The fourth-order valence-electron chi connectivity index (χ4n) is 3.19. The number of amides is 4. The predicted molar refractivity (Wildman–Crippen MR) is 128 cm³/mol. The highest BCUT2D eigenvalue weighted by atomic mass is 79.9. The summed E-state index contributed by atoms with van der Waals surface area (Å²) in [4.78, 5) is 38.4. The van der Waals surface area contributed by atoms with Crippen molar-refractivity contribution in [3.8, 4) is 5.75 Å². The Bertz CT molecular complexity index is 1300. The van der Waals surface area contributed by atoms with Crippen molar-refractivity contribution in [3.63, 3.8) is 0 Å². The Morgan fingerprint density at radius 1 is 0.882 bits per heavy atom. The SMILES string of the molecule is O=C1NC(=O)N(c2ccc(F)cc2)C(=O)/C1=C/c1cc(Br)c(OCc2ccc(F)cc2)c(Br)c1. The van der Waals surface area contributed by atoms with Crippen LogP contribution in [0.3, 0.4) is 0 Å². The molecule has 0 aromatic heterocycles. The van der Waals surface area contributed by atoms with Gasteiger partial charge in [0.1, 0.15) is 29.6 Å². The molecule has 0 aliphatic carbocycles. The maximum Gasteiger partial charge on any atom is 0.335 e. The lowest BCUT2D eigenvalue weighted by Crippen LogP contribution is -2.54. The highest BCUT2D eigenvalue weighted by molar-refractivity contribution is 9.11. The van der Waals surface area contributed by atoms with E-state index in [4.69, 9.17) is 4.74 Å². The van der Waals surface area contributed by atoms with Gasteiger partial charge >= 0.3 is 6.03 Å². The van der Waals surface area contributed by atoms with Gasteiger partial charge < -0.3 is 4.74 Å². The van der Waals surface area contributed by atoms with Crippen LogP contribution in [0.2, 0.25) is 0 Å². The predicted octanol–water partition coefficient (Wildman–Crippen LogP) is 5.74. The zero-order valence-electron chi connectivity index (χ0n) is 17.2. The number of urea groups is 1. The Balaban J connectivity index is 1.60. The molecule has 0 atom stereocenters. The third-order valence-corrected chi connectivity index (χ3v) is 5.99. The van der Waals surface area contributed by atoms with Crippen LogP contribution in [-0.4, -0.2) is 17.8 Å². The average molecular weight is 592 g/mol. The van der Waals surface area contributed by atoms with Gasteiger partial charge in [-0.05, 0) is 97.6 Å². The summed E-state index contributed by atoms with van der Waals surface area (Å²) in [5.41, 5.74) is 1.08. The summed E-state index contributed by atoms with van der Waals surface area (Å²) >= 11 is 6.83. The molecule has 3 aromatic carbocycles. The van der Waals surface area contributed by atoms with Gasteiger partial charge in [0.05, 0.1) is 14.6 Å². The summed E-state index contributed by atoms with van der Waals surface area (Å²) in [6, 6.07) is 13.0. The number of barbiturate groups is 1. The number of hydrogen-bond acceptors (Lipinski definition) is 4. The molecule has 0 bridgehead atoms. The molecule has 0 radical (unpaired) electrons. The minimum atomic E-state index is -0.925. The number of hydrogen-bond donors (Lipinski definition) is 1. The minimum absolute atomic E-state index is 0.120. The lowest BCUT2D eigenvalue weighted by Gasteiger charge is -2.26. The fourth-order valence-corrected chi connectivity index (χ4v) is 4.64. The number of nitrogens with zero attached hydrogens (tertiary/aromatic N) is 1. The molecule has 172 valence electrons. The van der Waals surface area contributed by atoms with Gasteiger partial charge in [0.2, 0.25) is 0 Å². The summed E-state index contributed by atoms with van der Waals surface area (Å²) in [5.74, 6) is -2.10. The molecule has 34 heavy (non-hydrogen) atoms. The monoisotopic (exact) mass is 590 g/mol. The first-order valence-corrected chi connectivity index (χ1v) is 11.3. The van der Waals surface area contributed by atoms with Crippen LogP contribution in [0.15, 0.2) is 75.2 Å². The highest BCUT2D eigenvalue weighted by Gasteiger charge is 2.36. The Kier molecular flexibility index (Phi) is 6.90. The first-order chi connectivity index (χ1) is 16.2. The summed E-state index contributed by atoms with van der Waals surface area (Å²) in [5, 5.41) is 2.12. The zero-order chi connectivity index (χ0) is 24.4. The number of anilines is 1. The summed E-state index contributed by atoms with van der Waals surface area (Å²) < 4.78 is 33.2. The number of halogens is 4. The first kappa shape index (κ1) is 23.8. The third-order valence-electron chi connectivity index (χ3n) is 4.81. The van der Waals surface area contributed by atoms with Gasteiger partial charge in [-0.25, -0.2) is 18.5 Å². The third kappa shape index (κ3) is 5.07. The zero-order valence-corrected chi connectivity index (χ0v) is 20.3. The molecule has 0 saturated carbocycles. The van der Waals surface area contributed by atoms with Crippen molar-refractivity contribution in [1.82, 2.24) is 5.32 Å². The summed E-state index contributed by atoms with van der Waals surface area (Å²) in [6.07, 6.45) is 1.33. The molecule has 1 saturated heterocycles. The van der Waals surface area contributed by atoms with Crippen molar-refractivity contribution in [3.05, 3.63) is 97.9 Å². The molecular weight excluding hydrogens is 578 g/mol. The number of carbonyl (C=O) groups is 3. The van der Waals surface area contributed by atoms with Crippen molar-refractivity contribution < 1.29 is 27.9 Å². The summed E-state index contributed by atoms with van der Waals surface area (Å²) in [6.45, 7) is 0.188. The van der Waals surface area contributed by atoms with E-state index in [1.54, 1.807) is 24.3 Å². The smallest absolute Gasteiger partial charge is 0.335 e. The van der Waals surface area contributed by atoms with Crippen molar-refractivity contribution in [2.24, 2.45) is 0 Å². The standard InChI is InChI=1S/C24H14Br2F2N2O4/c25-19-10-14(11-20(26)21(19)34-12-13-1-3-15(27)4-2-13)9-18-22(31)29-24(33)30(23(18)32)17-7-5-16(28)6-8-17/h1-11H,12H2,(H,29,31,33)/b18-9+. The molecule has 1 heterocycles. The van der Waals surface area contributed by atoms with Crippen molar-refractivity contribution in [1.29, 1.82) is 0 Å². The van der Waals surface area contributed by atoms with E-state index in [1.165, 1.54) is 30.3 Å². The first-order valence-electron chi connectivity index (χ1n) is 9.76. The Labute approximate surface area is 209 Å². The van der Waals surface area contributed by atoms with Gasteiger partial charge in [0, 0.05) is 0 Å². The molecule has 1 N–H and O–H groups in total. The van der Waals surface area contributed by atoms with E-state index in [0.29, 0.717) is 20.3 Å². The maximum absolute atomic E-state index is 13.2. The van der Waals surface area contributed by atoms with Gasteiger partial charge in [-0.2, -0.15) is 0 Å². The number of ether oxygens (including phenoxy) is 1. The topological polar surface area (TPSA) is 75.7 Å². The lowest BCUT2D eigenvalue weighted by atomic mass is 10.1. The maximum atomic E-state index is 13.2. The van der Waals surface area contributed by atoms with E-state index < -0.39 is 23.7 Å². The second-order valence-electron chi connectivity index (χ2n) is 7.16. The van der Waals surface area contributed by atoms with E-state index in [-0.39, 0.29) is 23.7 Å². The van der Waals surface area contributed by atoms with E-state index in [9.17, 15) is 23.2 Å². The normalized spacial score (nSPS) is 15.0. The Morgan fingerprint density at radius 2 is 1.44 bits per heavy atom. The molecule has 10 heteroatoms. The number of nitrogens with one attached hydrogen (secondary N) is 1. The van der Waals surface area contributed by atoms with E-state index in [0.717, 1.165) is 22.6 Å².